The lowest BCUT2D eigenvalue weighted by Gasteiger charge is -2.12. The minimum absolute atomic E-state index is 0.185. The number of nitrogens with one attached hydrogen (secondary N) is 2. The molecule has 2 amide bonds. The Kier molecular flexibility index (Phi) is 3.48. The van der Waals surface area contributed by atoms with Crippen molar-refractivity contribution in [3.8, 4) is 5.75 Å². The Hall–Kier alpha value is -1.82. The van der Waals surface area contributed by atoms with Crippen LogP contribution in [0.25, 0.3) is 10.2 Å². The summed E-state index contributed by atoms with van der Waals surface area (Å²) in [5.41, 5.74) is 0.862. The highest BCUT2D eigenvalue weighted by atomic mass is 32.1. The lowest BCUT2D eigenvalue weighted by atomic mass is 10.2. The molecule has 1 fully saturated rings. The normalized spacial score (nSPS) is 15.9. The van der Waals surface area contributed by atoms with Gasteiger partial charge in [0.1, 0.15) is 5.75 Å². The fourth-order valence-electron chi connectivity index (χ4n) is 2.14. The first kappa shape index (κ1) is 13.2. The van der Waals surface area contributed by atoms with E-state index < -0.39 is 0 Å². The second-order valence-corrected chi connectivity index (χ2v) is 6.11. The Morgan fingerprint density at radius 3 is 3.00 bits per heavy atom. The lowest BCUT2D eigenvalue weighted by molar-refractivity contribution is 0.248. The van der Waals surface area contributed by atoms with E-state index in [0.29, 0.717) is 11.0 Å². The molecule has 1 aromatic heterocycles. The Morgan fingerprint density at radius 2 is 2.30 bits per heavy atom. The number of aromatic nitrogens is 1. The largest absolute Gasteiger partial charge is 0.497 e. The van der Waals surface area contributed by atoms with E-state index >= 15 is 0 Å². The molecule has 5 nitrogen and oxygen atoms in total. The molecule has 0 bridgehead atoms. The van der Waals surface area contributed by atoms with Crippen LogP contribution in [0, 0.1) is 5.92 Å². The molecule has 2 N–H and O–H groups in total. The van der Waals surface area contributed by atoms with Crippen LogP contribution in [-0.4, -0.2) is 24.2 Å². The first-order valence-electron chi connectivity index (χ1n) is 6.68. The van der Waals surface area contributed by atoms with E-state index in [-0.39, 0.29) is 12.1 Å². The highest BCUT2D eigenvalue weighted by Gasteiger charge is 2.28. The Balaban J connectivity index is 1.68. The molecule has 6 heteroatoms. The van der Waals surface area contributed by atoms with Gasteiger partial charge in [-0.2, -0.15) is 0 Å². The average Bonchev–Trinajstić information content (AvgIpc) is 3.19. The van der Waals surface area contributed by atoms with Gasteiger partial charge in [-0.05, 0) is 43.9 Å². The summed E-state index contributed by atoms with van der Waals surface area (Å²) < 4.78 is 6.17. The summed E-state index contributed by atoms with van der Waals surface area (Å²) in [6, 6.07) is 5.71. The highest BCUT2D eigenvalue weighted by molar-refractivity contribution is 7.22. The minimum atomic E-state index is -0.185. The van der Waals surface area contributed by atoms with Gasteiger partial charge in [-0.1, -0.05) is 11.3 Å². The van der Waals surface area contributed by atoms with E-state index in [1.165, 1.54) is 24.2 Å². The van der Waals surface area contributed by atoms with Crippen LogP contribution in [0.5, 0.6) is 5.75 Å². The van der Waals surface area contributed by atoms with E-state index in [2.05, 4.69) is 15.6 Å². The number of methoxy groups -OCH3 is 1. The van der Waals surface area contributed by atoms with Gasteiger partial charge in [0.2, 0.25) is 0 Å². The number of carbonyl (C=O) groups is 1. The molecule has 1 atom stereocenters. The summed E-state index contributed by atoms with van der Waals surface area (Å²) in [5.74, 6) is 1.43. The number of anilines is 1. The summed E-state index contributed by atoms with van der Waals surface area (Å²) in [6.45, 7) is 2.04. The number of carbonyl (C=O) groups excluding carboxylic acids is 1. The monoisotopic (exact) mass is 291 g/mol. The zero-order valence-electron chi connectivity index (χ0n) is 11.5. The van der Waals surface area contributed by atoms with Gasteiger partial charge in [0.25, 0.3) is 0 Å². The first-order chi connectivity index (χ1) is 9.65. The Labute approximate surface area is 121 Å². The molecule has 106 valence electrons. The van der Waals surface area contributed by atoms with Gasteiger partial charge in [0, 0.05) is 6.04 Å². The van der Waals surface area contributed by atoms with Crippen molar-refractivity contribution in [3.05, 3.63) is 18.2 Å². The van der Waals surface area contributed by atoms with Crippen molar-refractivity contribution in [2.75, 3.05) is 12.4 Å². The van der Waals surface area contributed by atoms with Gasteiger partial charge >= 0.3 is 6.03 Å². The molecule has 1 aromatic carbocycles. The molecule has 2 aromatic rings. The maximum atomic E-state index is 11.9. The second-order valence-electron chi connectivity index (χ2n) is 5.08. The number of hydrogen-bond donors (Lipinski definition) is 2. The lowest BCUT2D eigenvalue weighted by Crippen LogP contribution is -2.37. The van der Waals surface area contributed by atoms with Crippen LogP contribution in [0.2, 0.25) is 0 Å². The third-order valence-corrected chi connectivity index (χ3v) is 4.44. The van der Waals surface area contributed by atoms with Crippen molar-refractivity contribution in [1.82, 2.24) is 10.3 Å². The van der Waals surface area contributed by atoms with Gasteiger partial charge in [0.05, 0.1) is 17.3 Å². The number of fused-ring (bicyclic) bond motifs is 1. The predicted octanol–water partition coefficient (Wildman–Crippen LogP) is 3.22. The molecule has 0 spiro atoms. The van der Waals surface area contributed by atoms with E-state index in [0.717, 1.165) is 16.0 Å². The number of nitrogens with zero attached hydrogens (tertiary/aromatic N) is 1. The van der Waals surface area contributed by atoms with Crippen molar-refractivity contribution < 1.29 is 9.53 Å². The summed E-state index contributed by atoms with van der Waals surface area (Å²) in [4.78, 5) is 16.3. The van der Waals surface area contributed by atoms with Crippen LogP contribution in [0.4, 0.5) is 9.93 Å². The standard InChI is InChI=1S/C14H17N3O2S/c1-8(9-3-4-9)15-13(18)17-14-16-11-6-5-10(19-2)7-12(11)20-14/h5-9H,3-4H2,1-2H3,(H2,15,16,17,18)/t8-/m0/s1. The number of hydrogen-bond acceptors (Lipinski definition) is 4. The zero-order valence-corrected chi connectivity index (χ0v) is 12.3. The topological polar surface area (TPSA) is 63.2 Å². The van der Waals surface area contributed by atoms with Crippen LogP contribution >= 0.6 is 11.3 Å². The maximum Gasteiger partial charge on any atom is 0.321 e. The third-order valence-electron chi connectivity index (χ3n) is 3.50. The van der Waals surface area contributed by atoms with Crippen molar-refractivity contribution in [2.24, 2.45) is 5.92 Å². The van der Waals surface area contributed by atoms with Crippen LogP contribution in [0.3, 0.4) is 0 Å². The van der Waals surface area contributed by atoms with Crippen molar-refractivity contribution in [2.45, 2.75) is 25.8 Å². The zero-order chi connectivity index (χ0) is 14.1. The maximum absolute atomic E-state index is 11.9. The number of benzene rings is 1. The van der Waals surface area contributed by atoms with Gasteiger partial charge in [0.15, 0.2) is 5.13 Å². The fourth-order valence-corrected chi connectivity index (χ4v) is 3.03. The molecule has 0 radical (unpaired) electrons. The summed E-state index contributed by atoms with van der Waals surface area (Å²) in [5, 5.41) is 6.35. The Morgan fingerprint density at radius 1 is 1.50 bits per heavy atom. The van der Waals surface area contributed by atoms with E-state index in [9.17, 15) is 4.79 Å². The van der Waals surface area contributed by atoms with Crippen LogP contribution in [0.1, 0.15) is 19.8 Å². The van der Waals surface area contributed by atoms with E-state index in [4.69, 9.17) is 4.74 Å². The molecule has 0 unspecified atom stereocenters. The number of ether oxygens (including phenoxy) is 1. The number of amides is 2. The molecule has 1 aliphatic rings. The molecule has 1 saturated carbocycles. The van der Waals surface area contributed by atoms with Crippen LogP contribution < -0.4 is 15.4 Å². The van der Waals surface area contributed by atoms with Crippen molar-refractivity contribution >= 4 is 32.7 Å². The van der Waals surface area contributed by atoms with E-state index in [1.54, 1.807) is 7.11 Å². The van der Waals surface area contributed by atoms with Crippen molar-refractivity contribution in [1.29, 1.82) is 0 Å². The minimum Gasteiger partial charge on any atom is -0.497 e. The molecule has 3 rings (SSSR count). The molecular weight excluding hydrogens is 274 g/mol. The van der Waals surface area contributed by atoms with Gasteiger partial charge in [-0.3, -0.25) is 5.32 Å². The Bertz CT molecular complexity index is 636. The molecule has 0 saturated heterocycles. The number of urea groups is 1. The summed E-state index contributed by atoms with van der Waals surface area (Å²) in [6.07, 6.45) is 2.42. The smallest absolute Gasteiger partial charge is 0.321 e. The van der Waals surface area contributed by atoms with Crippen molar-refractivity contribution in [3.63, 3.8) is 0 Å². The first-order valence-corrected chi connectivity index (χ1v) is 7.49. The number of thiazole rings is 1. The fraction of sp³-hybridized carbons (Fsp3) is 0.429. The van der Waals surface area contributed by atoms with Crippen LogP contribution in [0.15, 0.2) is 18.2 Å². The summed E-state index contributed by atoms with van der Waals surface area (Å²) in [7, 11) is 1.63. The highest BCUT2D eigenvalue weighted by Crippen LogP contribution is 2.32. The molecule has 1 heterocycles. The van der Waals surface area contributed by atoms with Crippen LogP contribution in [-0.2, 0) is 0 Å². The second kappa shape index (κ2) is 5.28. The summed E-state index contributed by atoms with van der Waals surface area (Å²) >= 11 is 1.44. The van der Waals surface area contributed by atoms with Gasteiger partial charge in [-0.15, -0.1) is 0 Å². The molecule has 20 heavy (non-hydrogen) atoms. The van der Waals surface area contributed by atoms with Gasteiger partial charge < -0.3 is 10.1 Å². The van der Waals surface area contributed by atoms with Gasteiger partial charge in [-0.25, -0.2) is 9.78 Å². The van der Waals surface area contributed by atoms with E-state index in [1.807, 2.05) is 25.1 Å². The SMILES string of the molecule is COc1ccc2nc(NC(=O)N[C@@H](C)C3CC3)sc2c1. The quantitative estimate of drug-likeness (QED) is 0.909. The average molecular weight is 291 g/mol. The molecular formula is C14H17N3O2S. The predicted molar refractivity (Wildman–Crippen MR) is 80.5 cm³/mol. The molecule has 1 aliphatic carbocycles. The molecule has 0 aliphatic heterocycles. The third kappa shape index (κ3) is 2.85. The number of rotatable bonds is 4.